The van der Waals surface area contributed by atoms with Crippen molar-refractivity contribution < 1.29 is 4.79 Å². The standard InChI is InChI=1S/C13H9ClN4O/c14-9-5-6-15-7-8(9)12(19)18-13-16-10-3-1-2-4-11(10)17-13/h1-7H,(H2,16,17,18,19). The number of aromatic nitrogens is 3. The lowest BCUT2D eigenvalue weighted by atomic mass is 10.3. The highest BCUT2D eigenvalue weighted by Crippen LogP contribution is 2.17. The molecule has 6 heteroatoms. The van der Waals surface area contributed by atoms with Gasteiger partial charge in [-0.1, -0.05) is 23.7 Å². The lowest BCUT2D eigenvalue weighted by Crippen LogP contribution is -2.13. The normalized spacial score (nSPS) is 10.6. The Hall–Kier alpha value is -2.40. The minimum atomic E-state index is -0.350. The Morgan fingerprint density at radius 1 is 1.26 bits per heavy atom. The van der Waals surface area contributed by atoms with Crippen molar-refractivity contribution >= 4 is 34.5 Å². The Bertz CT molecular complexity index is 720. The van der Waals surface area contributed by atoms with E-state index in [0.29, 0.717) is 16.5 Å². The number of amides is 1. The van der Waals surface area contributed by atoms with Gasteiger partial charge in [0.15, 0.2) is 0 Å². The zero-order chi connectivity index (χ0) is 13.2. The van der Waals surface area contributed by atoms with Crippen molar-refractivity contribution in [2.45, 2.75) is 0 Å². The molecule has 2 heterocycles. The van der Waals surface area contributed by atoms with Crippen LogP contribution >= 0.6 is 11.6 Å². The number of para-hydroxylation sites is 2. The lowest BCUT2D eigenvalue weighted by molar-refractivity contribution is 0.102. The van der Waals surface area contributed by atoms with Crippen molar-refractivity contribution in [1.82, 2.24) is 15.0 Å². The second-order valence-corrected chi connectivity index (χ2v) is 4.32. The zero-order valence-corrected chi connectivity index (χ0v) is 10.5. The van der Waals surface area contributed by atoms with E-state index in [4.69, 9.17) is 11.6 Å². The average Bonchev–Trinajstić information content (AvgIpc) is 2.81. The van der Waals surface area contributed by atoms with Crippen LogP contribution in [0.15, 0.2) is 42.7 Å². The summed E-state index contributed by atoms with van der Waals surface area (Å²) in [6.07, 6.45) is 2.95. The molecule has 0 saturated carbocycles. The van der Waals surface area contributed by atoms with Crippen LogP contribution in [0.4, 0.5) is 5.95 Å². The van der Waals surface area contributed by atoms with Crippen molar-refractivity contribution in [2.24, 2.45) is 0 Å². The van der Waals surface area contributed by atoms with Gasteiger partial charge >= 0.3 is 0 Å². The summed E-state index contributed by atoms with van der Waals surface area (Å²) >= 11 is 5.93. The maximum Gasteiger partial charge on any atom is 0.261 e. The minimum absolute atomic E-state index is 0.310. The van der Waals surface area contributed by atoms with Gasteiger partial charge in [-0.25, -0.2) is 4.98 Å². The Labute approximate surface area is 113 Å². The summed E-state index contributed by atoms with van der Waals surface area (Å²) in [4.78, 5) is 23.2. The van der Waals surface area contributed by atoms with Crippen molar-refractivity contribution in [3.8, 4) is 0 Å². The first-order chi connectivity index (χ1) is 9.24. The van der Waals surface area contributed by atoms with E-state index < -0.39 is 0 Å². The van der Waals surface area contributed by atoms with Gasteiger partial charge in [0, 0.05) is 12.4 Å². The van der Waals surface area contributed by atoms with Gasteiger partial charge in [0.2, 0.25) is 5.95 Å². The van der Waals surface area contributed by atoms with Crippen LogP contribution in [-0.4, -0.2) is 20.9 Å². The Balaban J connectivity index is 1.89. The predicted octanol–water partition coefficient (Wildman–Crippen LogP) is 2.86. The topological polar surface area (TPSA) is 70.7 Å². The summed E-state index contributed by atoms with van der Waals surface area (Å²) < 4.78 is 0. The largest absolute Gasteiger partial charge is 0.324 e. The number of imidazole rings is 1. The average molecular weight is 273 g/mol. The van der Waals surface area contributed by atoms with Gasteiger partial charge in [0.05, 0.1) is 21.6 Å². The van der Waals surface area contributed by atoms with Crippen molar-refractivity contribution in [1.29, 1.82) is 0 Å². The number of carbonyl (C=O) groups excluding carboxylic acids is 1. The molecule has 2 N–H and O–H groups in total. The lowest BCUT2D eigenvalue weighted by Gasteiger charge is -2.02. The van der Waals surface area contributed by atoms with Crippen LogP contribution in [0.3, 0.4) is 0 Å². The molecule has 0 fully saturated rings. The van der Waals surface area contributed by atoms with Gasteiger partial charge in [-0.05, 0) is 18.2 Å². The number of nitrogens with zero attached hydrogens (tertiary/aromatic N) is 2. The van der Waals surface area contributed by atoms with Crippen molar-refractivity contribution in [3.63, 3.8) is 0 Å². The van der Waals surface area contributed by atoms with E-state index in [1.165, 1.54) is 12.4 Å². The zero-order valence-electron chi connectivity index (χ0n) is 9.72. The number of nitrogens with one attached hydrogen (secondary N) is 2. The molecule has 0 aliphatic rings. The number of fused-ring (bicyclic) bond motifs is 1. The summed E-state index contributed by atoms with van der Waals surface area (Å²) in [7, 11) is 0. The number of anilines is 1. The van der Waals surface area contributed by atoms with E-state index in [1.54, 1.807) is 6.07 Å². The molecule has 2 aromatic heterocycles. The fourth-order valence-corrected chi connectivity index (χ4v) is 1.92. The Morgan fingerprint density at radius 2 is 2.11 bits per heavy atom. The highest BCUT2D eigenvalue weighted by atomic mass is 35.5. The molecular weight excluding hydrogens is 264 g/mol. The van der Waals surface area contributed by atoms with E-state index >= 15 is 0 Å². The number of hydrogen-bond acceptors (Lipinski definition) is 3. The first-order valence-electron chi connectivity index (χ1n) is 5.59. The van der Waals surface area contributed by atoms with Crippen LogP contribution in [0.1, 0.15) is 10.4 Å². The molecular formula is C13H9ClN4O. The third kappa shape index (κ3) is 2.28. The van der Waals surface area contributed by atoms with Gasteiger partial charge in [-0.2, -0.15) is 0 Å². The number of halogens is 1. The van der Waals surface area contributed by atoms with Gasteiger partial charge < -0.3 is 4.98 Å². The molecule has 0 unspecified atom stereocenters. The number of benzene rings is 1. The summed E-state index contributed by atoms with van der Waals surface area (Å²) in [5.74, 6) is 0.0308. The van der Waals surface area contributed by atoms with Crippen LogP contribution in [0.5, 0.6) is 0 Å². The smallest absolute Gasteiger partial charge is 0.261 e. The highest BCUT2D eigenvalue weighted by Gasteiger charge is 2.12. The Kier molecular flexibility index (Phi) is 2.89. The third-order valence-corrected chi connectivity index (χ3v) is 2.96. The van der Waals surface area contributed by atoms with Gasteiger partial charge in [-0.3, -0.25) is 15.1 Å². The van der Waals surface area contributed by atoms with Crippen LogP contribution in [0, 0.1) is 0 Å². The van der Waals surface area contributed by atoms with Gasteiger partial charge in [0.1, 0.15) is 0 Å². The predicted molar refractivity (Wildman–Crippen MR) is 73.3 cm³/mol. The summed E-state index contributed by atoms with van der Waals surface area (Å²) in [5.41, 5.74) is 1.95. The third-order valence-electron chi connectivity index (χ3n) is 2.63. The highest BCUT2D eigenvalue weighted by molar-refractivity contribution is 6.34. The van der Waals surface area contributed by atoms with Crippen LogP contribution in [-0.2, 0) is 0 Å². The second-order valence-electron chi connectivity index (χ2n) is 3.91. The molecule has 3 rings (SSSR count). The summed E-state index contributed by atoms with van der Waals surface area (Å²) in [6.45, 7) is 0. The maximum absolute atomic E-state index is 12.0. The molecule has 3 aromatic rings. The molecule has 19 heavy (non-hydrogen) atoms. The fraction of sp³-hybridized carbons (Fsp3) is 0. The molecule has 0 radical (unpaired) electrons. The molecule has 0 spiro atoms. The maximum atomic E-state index is 12.0. The minimum Gasteiger partial charge on any atom is -0.324 e. The molecule has 0 aliphatic carbocycles. The molecule has 0 saturated heterocycles. The molecule has 94 valence electrons. The SMILES string of the molecule is O=C(Nc1nc2ccccc2[nH]1)c1cnccc1Cl. The molecule has 5 nitrogen and oxygen atoms in total. The van der Waals surface area contributed by atoms with Gasteiger partial charge in [0.25, 0.3) is 5.91 Å². The van der Waals surface area contributed by atoms with Crippen LogP contribution in [0.2, 0.25) is 5.02 Å². The molecule has 0 aliphatic heterocycles. The number of aromatic amines is 1. The first kappa shape index (κ1) is 11.7. The molecule has 0 atom stereocenters. The van der Waals surface area contributed by atoms with Crippen molar-refractivity contribution in [3.05, 3.63) is 53.3 Å². The molecule has 1 aromatic carbocycles. The fourth-order valence-electron chi connectivity index (χ4n) is 1.73. The summed E-state index contributed by atoms with van der Waals surface area (Å²) in [5, 5.41) is 3.01. The van der Waals surface area contributed by atoms with E-state index in [-0.39, 0.29) is 5.91 Å². The van der Waals surface area contributed by atoms with Crippen molar-refractivity contribution in [2.75, 3.05) is 5.32 Å². The van der Waals surface area contributed by atoms with Gasteiger partial charge in [-0.15, -0.1) is 0 Å². The quantitative estimate of drug-likeness (QED) is 0.753. The van der Waals surface area contributed by atoms with Crippen LogP contribution in [0.25, 0.3) is 11.0 Å². The monoisotopic (exact) mass is 272 g/mol. The first-order valence-corrected chi connectivity index (χ1v) is 5.97. The summed E-state index contributed by atoms with van der Waals surface area (Å²) in [6, 6.07) is 9.08. The molecule has 1 amide bonds. The number of H-pyrrole nitrogens is 1. The Morgan fingerprint density at radius 3 is 2.89 bits per heavy atom. The van der Waals surface area contributed by atoms with E-state index in [0.717, 1.165) is 11.0 Å². The number of rotatable bonds is 2. The van der Waals surface area contributed by atoms with E-state index in [1.807, 2.05) is 24.3 Å². The van der Waals surface area contributed by atoms with E-state index in [9.17, 15) is 4.79 Å². The number of pyridine rings is 1. The molecule has 0 bridgehead atoms. The second kappa shape index (κ2) is 4.70. The van der Waals surface area contributed by atoms with E-state index in [2.05, 4.69) is 20.3 Å². The number of carbonyl (C=O) groups is 1. The number of hydrogen-bond donors (Lipinski definition) is 2. The van der Waals surface area contributed by atoms with Crippen LogP contribution < -0.4 is 5.32 Å².